The summed E-state index contributed by atoms with van der Waals surface area (Å²) >= 11 is 0. The Morgan fingerprint density at radius 2 is 0.950 bits per heavy atom. The first-order valence-electron chi connectivity index (χ1n) is 6.17. The summed E-state index contributed by atoms with van der Waals surface area (Å²) in [5.41, 5.74) is 3.18. The lowest BCUT2D eigenvalue weighted by atomic mass is 10.1. The van der Waals surface area contributed by atoms with Gasteiger partial charge in [0.1, 0.15) is 0 Å². The van der Waals surface area contributed by atoms with Crippen LogP contribution in [-0.4, -0.2) is 21.8 Å². The minimum Gasteiger partial charge on any atom is -0.411 e. The van der Waals surface area contributed by atoms with E-state index in [9.17, 15) is 0 Å². The van der Waals surface area contributed by atoms with E-state index in [4.69, 9.17) is 10.4 Å². The van der Waals surface area contributed by atoms with Crippen molar-refractivity contribution in [2.45, 2.75) is 13.8 Å². The van der Waals surface area contributed by atoms with E-state index < -0.39 is 0 Å². The zero-order valence-corrected chi connectivity index (χ0v) is 11.6. The van der Waals surface area contributed by atoms with Gasteiger partial charge >= 0.3 is 0 Å². The molecule has 20 heavy (non-hydrogen) atoms. The highest BCUT2D eigenvalue weighted by Gasteiger charge is 1.93. The summed E-state index contributed by atoms with van der Waals surface area (Å²) in [5.74, 6) is 0. The third-order valence-corrected chi connectivity index (χ3v) is 2.68. The van der Waals surface area contributed by atoms with Crippen LogP contribution in [0.4, 0.5) is 0 Å². The first-order valence-corrected chi connectivity index (χ1v) is 6.17. The molecule has 2 N–H and O–H groups in total. The van der Waals surface area contributed by atoms with Crippen LogP contribution in [0, 0.1) is 0 Å². The van der Waals surface area contributed by atoms with Crippen LogP contribution in [0.5, 0.6) is 0 Å². The second-order valence-corrected chi connectivity index (χ2v) is 4.10. The van der Waals surface area contributed by atoms with E-state index >= 15 is 0 Å². The monoisotopic (exact) mass is 270 g/mol. The molecule has 2 rings (SSSR count). The molecule has 0 aliphatic carbocycles. The maximum Gasteiger partial charge on any atom is 0.0836 e. The average Bonchev–Trinajstić information content (AvgIpc) is 2.55. The molecule has 4 heteroatoms. The Hall–Kier alpha value is -2.62. The van der Waals surface area contributed by atoms with E-state index in [1.165, 1.54) is 0 Å². The first kappa shape index (κ1) is 15.4. The molecule has 0 aliphatic heterocycles. The summed E-state index contributed by atoms with van der Waals surface area (Å²) in [7, 11) is 0. The van der Waals surface area contributed by atoms with Gasteiger partial charge in [0.25, 0.3) is 0 Å². The number of benzene rings is 2. The lowest BCUT2D eigenvalue weighted by Gasteiger charge is -1.94. The third-order valence-electron chi connectivity index (χ3n) is 2.68. The van der Waals surface area contributed by atoms with Gasteiger partial charge in [0, 0.05) is 0 Å². The number of hydrogen-bond donors (Lipinski definition) is 2. The predicted octanol–water partition coefficient (Wildman–Crippen LogP) is 3.77. The summed E-state index contributed by atoms with van der Waals surface area (Å²) in [5, 5.41) is 22.9. The SMILES string of the molecule is CC(=NO)c1ccccc1.CC(=NO)c1ccccc1. The zero-order chi connectivity index (χ0) is 14.8. The van der Waals surface area contributed by atoms with Crippen molar-refractivity contribution in [2.24, 2.45) is 10.3 Å². The molecule has 0 fully saturated rings. The van der Waals surface area contributed by atoms with Crippen LogP contribution in [0.3, 0.4) is 0 Å². The van der Waals surface area contributed by atoms with Crippen LogP contribution >= 0.6 is 0 Å². The number of hydrogen-bond acceptors (Lipinski definition) is 4. The largest absolute Gasteiger partial charge is 0.411 e. The fraction of sp³-hybridized carbons (Fsp3) is 0.125. The van der Waals surface area contributed by atoms with Crippen molar-refractivity contribution in [3.63, 3.8) is 0 Å². The Kier molecular flexibility index (Phi) is 6.54. The van der Waals surface area contributed by atoms with E-state index in [0.29, 0.717) is 11.4 Å². The van der Waals surface area contributed by atoms with Gasteiger partial charge < -0.3 is 10.4 Å². The third kappa shape index (κ3) is 4.94. The quantitative estimate of drug-likeness (QED) is 0.495. The molecule has 104 valence electrons. The fourth-order valence-corrected chi connectivity index (χ4v) is 1.47. The smallest absolute Gasteiger partial charge is 0.0836 e. The molecule has 0 heterocycles. The highest BCUT2D eigenvalue weighted by atomic mass is 16.4. The van der Waals surface area contributed by atoms with Gasteiger partial charge in [-0.1, -0.05) is 71.0 Å². The van der Waals surface area contributed by atoms with E-state index in [1.807, 2.05) is 60.7 Å². The number of nitrogens with zero attached hydrogens (tertiary/aromatic N) is 2. The fourth-order valence-electron chi connectivity index (χ4n) is 1.47. The zero-order valence-electron chi connectivity index (χ0n) is 11.6. The molecule has 4 nitrogen and oxygen atoms in total. The van der Waals surface area contributed by atoms with Gasteiger partial charge in [0.15, 0.2) is 0 Å². The van der Waals surface area contributed by atoms with Gasteiger partial charge in [0.2, 0.25) is 0 Å². The Morgan fingerprint density at radius 1 is 0.650 bits per heavy atom. The predicted molar refractivity (Wildman–Crippen MR) is 80.9 cm³/mol. The number of oxime groups is 2. The maximum absolute atomic E-state index is 8.38. The van der Waals surface area contributed by atoms with Crippen LogP contribution in [0.25, 0.3) is 0 Å². The van der Waals surface area contributed by atoms with Gasteiger partial charge in [-0.3, -0.25) is 0 Å². The van der Waals surface area contributed by atoms with Crippen molar-refractivity contribution >= 4 is 11.4 Å². The van der Waals surface area contributed by atoms with E-state index in [-0.39, 0.29) is 0 Å². The van der Waals surface area contributed by atoms with Crippen molar-refractivity contribution in [2.75, 3.05) is 0 Å². The summed E-state index contributed by atoms with van der Waals surface area (Å²) in [6.07, 6.45) is 0. The van der Waals surface area contributed by atoms with Crippen molar-refractivity contribution in [1.29, 1.82) is 0 Å². The van der Waals surface area contributed by atoms with Gasteiger partial charge in [-0.05, 0) is 25.0 Å². The van der Waals surface area contributed by atoms with E-state index in [1.54, 1.807) is 13.8 Å². The molecule has 0 amide bonds. The minimum absolute atomic E-state index is 0.639. The van der Waals surface area contributed by atoms with Gasteiger partial charge in [-0.15, -0.1) is 0 Å². The molecule has 0 saturated heterocycles. The summed E-state index contributed by atoms with van der Waals surface area (Å²) in [6.45, 7) is 3.52. The Morgan fingerprint density at radius 3 is 1.20 bits per heavy atom. The standard InChI is InChI=1S/2C8H9NO/c2*1-7(9-10)8-5-3-2-4-6-8/h2*2-6,10H,1H3. The van der Waals surface area contributed by atoms with E-state index in [0.717, 1.165) is 11.1 Å². The molecule has 0 saturated carbocycles. The van der Waals surface area contributed by atoms with Crippen molar-refractivity contribution in [3.05, 3.63) is 71.8 Å². The molecule has 0 bridgehead atoms. The molecule has 0 aromatic heterocycles. The van der Waals surface area contributed by atoms with Crippen LogP contribution in [0.2, 0.25) is 0 Å². The second-order valence-electron chi connectivity index (χ2n) is 4.10. The van der Waals surface area contributed by atoms with Crippen molar-refractivity contribution in [3.8, 4) is 0 Å². The molecule has 2 aromatic carbocycles. The first-order chi connectivity index (χ1) is 9.69. The molecule has 0 unspecified atom stereocenters. The average molecular weight is 270 g/mol. The van der Waals surface area contributed by atoms with E-state index in [2.05, 4.69) is 10.3 Å². The highest BCUT2D eigenvalue weighted by molar-refractivity contribution is 5.98. The van der Waals surface area contributed by atoms with Gasteiger partial charge in [-0.25, -0.2) is 0 Å². The van der Waals surface area contributed by atoms with Crippen LogP contribution < -0.4 is 0 Å². The Balaban J connectivity index is 0.000000200. The molecule has 0 spiro atoms. The van der Waals surface area contributed by atoms with Crippen molar-refractivity contribution < 1.29 is 10.4 Å². The normalized spacial score (nSPS) is 11.5. The summed E-state index contributed by atoms with van der Waals surface area (Å²) in [4.78, 5) is 0. The molecular formula is C16H18N2O2. The highest BCUT2D eigenvalue weighted by Crippen LogP contribution is 1.99. The van der Waals surface area contributed by atoms with Crippen molar-refractivity contribution in [1.82, 2.24) is 0 Å². The van der Waals surface area contributed by atoms with Crippen LogP contribution in [-0.2, 0) is 0 Å². The molecule has 0 radical (unpaired) electrons. The summed E-state index contributed by atoms with van der Waals surface area (Å²) < 4.78 is 0. The molecule has 2 aromatic rings. The van der Waals surface area contributed by atoms with Gasteiger partial charge in [-0.2, -0.15) is 0 Å². The summed E-state index contributed by atoms with van der Waals surface area (Å²) in [6, 6.07) is 19.1. The topological polar surface area (TPSA) is 65.2 Å². The minimum atomic E-state index is 0.639. The van der Waals surface area contributed by atoms with Crippen LogP contribution in [0.15, 0.2) is 71.0 Å². The second kappa shape index (κ2) is 8.48. The van der Waals surface area contributed by atoms with Crippen LogP contribution in [0.1, 0.15) is 25.0 Å². The lowest BCUT2D eigenvalue weighted by molar-refractivity contribution is 0.319. The molecule has 0 atom stereocenters. The Bertz CT molecular complexity index is 510. The Labute approximate surface area is 118 Å². The number of rotatable bonds is 2. The molecular weight excluding hydrogens is 252 g/mol. The maximum atomic E-state index is 8.38. The lowest BCUT2D eigenvalue weighted by Crippen LogP contribution is -1.92. The van der Waals surface area contributed by atoms with Gasteiger partial charge in [0.05, 0.1) is 11.4 Å². The molecule has 0 aliphatic rings.